The number of anilines is 1. The molecule has 3 aromatic carbocycles. The molecule has 32 heavy (non-hydrogen) atoms. The average Bonchev–Trinajstić information content (AvgIpc) is 2.89. The lowest BCUT2D eigenvalue weighted by atomic mass is 9.77. The topological polar surface area (TPSA) is 78.9 Å². The predicted octanol–water partition coefficient (Wildman–Crippen LogP) is 4.34. The van der Waals surface area contributed by atoms with Gasteiger partial charge in [0.15, 0.2) is 0 Å². The summed E-state index contributed by atoms with van der Waals surface area (Å²) in [6.45, 7) is -0.106. The number of amides is 1. The number of hydrogen-bond acceptors (Lipinski definition) is 4. The van der Waals surface area contributed by atoms with E-state index in [-0.39, 0.29) is 12.5 Å². The van der Waals surface area contributed by atoms with E-state index in [1.807, 2.05) is 6.07 Å². The maximum Gasteiger partial charge on any atom is 0.347 e. The minimum absolute atomic E-state index is 0.106. The molecular weight excluding hydrogens is 451 g/mol. The first-order valence-electron chi connectivity index (χ1n) is 9.85. The molecule has 4 rings (SSSR count). The van der Waals surface area contributed by atoms with E-state index in [9.17, 15) is 14.7 Å². The molecule has 2 atom stereocenters. The SMILES string of the molecule is CN1C(=O)CN[C@](c2ccccc2)([C@H](Oc2ccc(Cl)cc2)C(=O)O)c2cc(Cl)ccc21. The highest BCUT2D eigenvalue weighted by Gasteiger charge is 2.51. The Kier molecular flexibility index (Phi) is 6.11. The molecule has 1 heterocycles. The molecule has 0 fully saturated rings. The van der Waals surface area contributed by atoms with Gasteiger partial charge in [0.2, 0.25) is 12.0 Å². The largest absolute Gasteiger partial charge is 0.478 e. The van der Waals surface area contributed by atoms with E-state index < -0.39 is 17.6 Å². The monoisotopic (exact) mass is 470 g/mol. The van der Waals surface area contributed by atoms with Gasteiger partial charge < -0.3 is 14.7 Å². The lowest BCUT2D eigenvalue weighted by Crippen LogP contribution is -2.58. The standard InChI is InChI=1S/C24H20Cl2N2O4/c1-28-20-12-9-17(26)13-19(20)24(27-14-21(28)29,15-5-3-2-4-6-15)22(23(30)31)32-18-10-7-16(25)8-11-18/h2-13,22,27H,14H2,1H3,(H,30,31)/t22-,24+/m1/s1. The van der Waals surface area contributed by atoms with Crippen molar-refractivity contribution in [2.45, 2.75) is 11.6 Å². The quantitative estimate of drug-likeness (QED) is 0.579. The van der Waals surface area contributed by atoms with Gasteiger partial charge in [-0.3, -0.25) is 10.1 Å². The van der Waals surface area contributed by atoms with Crippen LogP contribution in [-0.4, -0.2) is 36.7 Å². The van der Waals surface area contributed by atoms with Crippen molar-refractivity contribution in [3.63, 3.8) is 0 Å². The number of carboxylic acids is 1. The van der Waals surface area contributed by atoms with Crippen LogP contribution in [0.2, 0.25) is 10.0 Å². The summed E-state index contributed by atoms with van der Waals surface area (Å²) in [5, 5.41) is 14.5. The number of rotatable bonds is 5. The van der Waals surface area contributed by atoms with E-state index in [1.165, 1.54) is 4.90 Å². The number of fused-ring (bicyclic) bond motifs is 1. The van der Waals surface area contributed by atoms with Gasteiger partial charge in [-0.15, -0.1) is 0 Å². The van der Waals surface area contributed by atoms with Gasteiger partial charge in [0.25, 0.3) is 0 Å². The highest BCUT2D eigenvalue weighted by Crippen LogP contribution is 2.43. The van der Waals surface area contributed by atoms with Crippen molar-refractivity contribution in [1.29, 1.82) is 0 Å². The smallest absolute Gasteiger partial charge is 0.347 e. The number of likely N-dealkylation sites (N-methyl/N-ethyl adjacent to an activating group) is 1. The predicted molar refractivity (Wildman–Crippen MR) is 124 cm³/mol. The van der Waals surface area contributed by atoms with Crippen LogP contribution in [0.1, 0.15) is 11.1 Å². The number of aliphatic carboxylic acids is 1. The van der Waals surface area contributed by atoms with Gasteiger partial charge in [0.1, 0.15) is 11.3 Å². The van der Waals surface area contributed by atoms with Gasteiger partial charge in [-0.1, -0.05) is 53.5 Å². The third-order valence-electron chi connectivity index (χ3n) is 5.55. The van der Waals surface area contributed by atoms with E-state index in [0.29, 0.717) is 32.6 Å². The lowest BCUT2D eigenvalue weighted by Gasteiger charge is -2.40. The zero-order chi connectivity index (χ0) is 22.9. The number of ether oxygens (including phenoxy) is 1. The molecule has 1 aliphatic rings. The van der Waals surface area contributed by atoms with E-state index in [2.05, 4.69) is 5.32 Å². The van der Waals surface area contributed by atoms with Crippen molar-refractivity contribution in [3.8, 4) is 5.75 Å². The van der Waals surface area contributed by atoms with Crippen LogP contribution >= 0.6 is 23.2 Å². The molecule has 0 radical (unpaired) electrons. The van der Waals surface area contributed by atoms with Crippen molar-refractivity contribution < 1.29 is 19.4 Å². The minimum Gasteiger partial charge on any atom is -0.478 e. The second-order valence-corrected chi connectivity index (χ2v) is 8.30. The van der Waals surface area contributed by atoms with E-state index in [1.54, 1.807) is 73.8 Å². The normalized spacial score (nSPS) is 19.1. The average molecular weight is 471 g/mol. The highest BCUT2D eigenvalue weighted by molar-refractivity contribution is 6.31. The molecule has 0 aliphatic carbocycles. The third kappa shape index (κ3) is 3.93. The summed E-state index contributed by atoms with van der Waals surface area (Å²) in [6, 6.07) is 20.5. The summed E-state index contributed by atoms with van der Waals surface area (Å²) in [7, 11) is 1.65. The molecule has 0 saturated carbocycles. The number of hydrogen-bond donors (Lipinski definition) is 2. The summed E-state index contributed by atoms with van der Waals surface area (Å²) in [6.07, 6.45) is -1.44. The Hall–Kier alpha value is -3.06. The van der Waals surface area contributed by atoms with E-state index >= 15 is 0 Å². The fourth-order valence-electron chi connectivity index (χ4n) is 4.00. The molecule has 0 spiro atoms. The van der Waals surface area contributed by atoms with Crippen molar-refractivity contribution >= 4 is 40.8 Å². The first kappa shape index (κ1) is 22.1. The van der Waals surface area contributed by atoms with Gasteiger partial charge in [0, 0.05) is 28.3 Å². The maximum atomic E-state index is 12.8. The molecule has 0 unspecified atom stereocenters. The molecule has 0 aromatic heterocycles. The summed E-state index contributed by atoms with van der Waals surface area (Å²) < 4.78 is 6.06. The number of halogens is 2. The van der Waals surface area contributed by atoms with Crippen LogP contribution in [0.3, 0.4) is 0 Å². The van der Waals surface area contributed by atoms with Crippen LogP contribution in [0.25, 0.3) is 0 Å². The summed E-state index contributed by atoms with van der Waals surface area (Å²) >= 11 is 12.3. The zero-order valence-corrected chi connectivity index (χ0v) is 18.6. The molecular formula is C24H20Cl2N2O4. The van der Waals surface area contributed by atoms with Gasteiger partial charge in [-0.05, 0) is 48.0 Å². The summed E-state index contributed by atoms with van der Waals surface area (Å²) in [4.78, 5) is 27.0. The lowest BCUT2D eigenvalue weighted by molar-refractivity contribution is -0.149. The van der Waals surface area contributed by atoms with Crippen molar-refractivity contribution in [3.05, 3.63) is 94.0 Å². The number of nitrogens with one attached hydrogen (secondary N) is 1. The first-order chi connectivity index (χ1) is 15.3. The number of carbonyl (C=O) groups excluding carboxylic acids is 1. The Labute approximate surface area is 195 Å². The van der Waals surface area contributed by atoms with Gasteiger partial charge in [-0.25, -0.2) is 4.79 Å². The maximum absolute atomic E-state index is 12.8. The zero-order valence-electron chi connectivity index (χ0n) is 17.1. The Balaban J connectivity index is 2.00. The highest BCUT2D eigenvalue weighted by atomic mass is 35.5. The first-order valence-corrected chi connectivity index (χ1v) is 10.6. The second-order valence-electron chi connectivity index (χ2n) is 7.43. The summed E-state index contributed by atoms with van der Waals surface area (Å²) in [5.74, 6) is -1.10. The second kappa shape index (κ2) is 8.82. The molecule has 2 N–H and O–H groups in total. The minimum atomic E-state index is -1.44. The van der Waals surface area contributed by atoms with E-state index in [4.69, 9.17) is 27.9 Å². The van der Waals surface area contributed by atoms with E-state index in [0.717, 1.165) is 0 Å². The van der Waals surface area contributed by atoms with Gasteiger partial charge in [0.05, 0.1) is 6.54 Å². The van der Waals surface area contributed by atoms with Crippen LogP contribution in [0.5, 0.6) is 5.75 Å². The van der Waals surface area contributed by atoms with Crippen LogP contribution in [0.15, 0.2) is 72.8 Å². The van der Waals surface area contributed by atoms with Gasteiger partial charge >= 0.3 is 5.97 Å². The number of carboxylic acid groups (broad SMARTS) is 1. The Morgan fingerprint density at radius 1 is 1.06 bits per heavy atom. The van der Waals surface area contributed by atoms with Crippen LogP contribution in [0, 0.1) is 0 Å². The van der Waals surface area contributed by atoms with Gasteiger partial charge in [-0.2, -0.15) is 0 Å². The molecule has 3 aromatic rings. The molecule has 6 nitrogen and oxygen atoms in total. The fraction of sp³-hybridized carbons (Fsp3) is 0.167. The molecule has 1 aliphatic heterocycles. The van der Waals surface area contributed by atoms with Crippen LogP contribution in [-0.2, 0) is 15.1 Å². The molecule has 1 amide bonds. The Bertz CT molecular complexity index is 1150. The Morgan fingerprint density at radius 2 is 1.72 bits per heavy atom. The molecule has 8 heteroatoms. The summed E-state index contributed by atoms with van der Waals surface area (Å²) in [5.41, 5.74) is 0.256. The van der Waals surface area contributed by atoms with Crippen molar-refractivity contribution in [2.75, 3.05) is 18.5 Å². The molecule has 164 valence electrons. The number of carbonyl (C=O) groups is 2. The number of nitrogens with zero attached hydrogens (tertiary/aromatic N) is 1. The van der Waals surface area contributed by atoms with Crippen molar-refractivity contribution in [2.24, 2.45) is 0 Å². The molecule has 0 bridgehead atoms. The van der Waals surface area contributed by atoms with Crippen LogP contribution < -0.4 is 15.0 Å². The number of benzene rings is 3. The van der Waals surface area contributed by atoms with Crippen molar-refractivity contribution in [1.82, 2.24) is 5.32 Å². The fourth-order valence-corrected chi connectivity index (χ4v) is 4.30. The Morgan fingerprint density at radius 3 is 2.38 bits per heavy atom. The van der Waals surface area contributed by atoms with Crippen LogP contribution in [0.4, 0.5) is 5.69 Å². The molecule has 0 saturated heterocycles. The third-order valence-corrected chi connectivity index (χ3v) is 6.04.